The van der Waals surface area contributed by atoms with E-state index in [-0.39, 0.29) is 11.5 Å². The molecule has 0 saturated carbocycles. The monoisotopic (exact) mass is 407 g/mol. The summed E-state index contributed by atoms with van der Waals surface area (Å²) in [4.78, 5) is 12.7. The van der Waals surface area contributed by atoms with Crippen LogP contribution in [-0.4, -0.2) is 22.3 Å². The predicted octanol–water partition coefficient (Wildman–Crippen LogP) is 5.36. The fraction of sp³-hybridized carbons (Fsp3) is 0.158. The molecule has 0 atom stereocenters. The number of nitrogens with one attached hydrogen (secondary N) is 1. The van der Waals surface area contributed by atoms with Gasteiger partial charge < -0.3 is 10.1 Å². The average Bonchev–Trinajstić information content (AvgIpc) is 3.08. The second-order valence-electron chi connectivity index (χ2n) is 5.69. The highest BCUT2D eigenvalue weighted by atomic mass is 35.5. The van der Waals surface area contributed by atoms with Crippen LogP contribution in [0, 0.1) is 5.82 Å². The Hall–Kier alpha value is -2.57. The molecule has 1 amide bonds. The van der Waals surface area contributed by atoms with Gasteiger partial charge in [0.05, 0.1) is 29.2 Å². The van der Waals surface area contributed by atoms with Gasteiger partial charge in [0.2, 0.25) is 0 Å². The predicted molar refractivity (Wildman–Crippen MR) is 104 cm³/mol. The van der Waals surface area contributed by atoms with Gasteiger partial charge in [0.1, 0.15) is 5.82 Å². The van der Waals surface area contributed by atoms with Crippen molar-refractivity contribution < 1.29 is 13.9 Å². The van der Waals surface area contributed by atoms with Crippen molar-refractivity contribution >= 4 is 34.8 Å². The molecule has 1 heterocycles. The number of nitrogens with zero attached hydrogens (tertiary/aromatic N) is 2. The van der Waals surface area contributed by atoms with Crippen molar-refractivity contribution in [2.75, 3.05) is 11.9 Å². The van der Waals surface area contributed by atoms with Gasteiger partial charge in [-0.3, -0.25) is 4.79 Å². The van der Waals surface area contributed by atoms with Crippen molar-refractivity contribution in [3.05, 3.63) is 70.2 Å². The van der Waals surface area contributed by atoms with Crippen molar-refractivity contribution in [2.45, 2.75) is 13.3 Å². The quantitative estimate of drug-likeness (QED) is 0.598. The number of anilines is 1. The first-order valence-electron chi connectivity index (χ1n) is 8.22. The van der Waals surface area contributed by atoms with Gasteiger partial charge in [-0.1, -0.05) is 30.1 Å². The van der Waals surface area contributed by atoms with Crippen LogP contribution in [-0.2, 0) is 0 Å². The minimum Gasteiger partial charge on any atom is -0.489 e. The summed E-state index contributed by atoms with van der Waals surface area (Å²) < 4.78 is 20.3. The molecule has 0 fully saturated rings. The number of halogens is 3. The van der Waals surface area contributed by atoms with Crippen LogP contribution in [0.1, 0.15) is 23.8 Å². The van der Waals surface area contributed by atoms with E-state index in [4.69, 9.17) is 27.9 Å². The van der Waals surface area contributed by atoms with E-state index in [1.807, 2.05) is 6.92 Å². The Balaban J connectivity index is 1.93. The molecule has 0 bridgehead atoms. The van der Waals surface area contributed by atoms with Gasteiger partial charge in [0.25, 0.3) is 5.91 Å². The fourth-order valence-corrected chi connectivity index (χ4v) is 2.67. The normalized spacial score (nSPS) is 10.7. The van der Waals surface area contributed by atoms with Gasteiger partial charge in [-0.2, -0.15) is 5.10 Å². The Bertz CT molecular complexity index is 958. The summed E-state index contributed by atoms with van der Waals surface area (Å²) in [6, 6.07) is 10.5. The molecule has 0 radical (unpaired) electrons. The van der Waals surface area contributed by atoms with Crippen molar-refractivity contribution in [3.63, 3.8) is 0 Å². The molecular weight excluding hydrogens is 392 g/mol. The molecule has 1 N–H and O–H groups in total. The molecule has 3 aromatic rings. The van der Waals surface area contributed by atoms with Crippen LogP contribution in [0.5, 0.6) is 5.75 Å². The Kier molecular flexibility index (Phi) is 5.98. The van der Waals surface area contributed by atoms with Gasteiger partial charge in [-0.25, -0.2) is 9.07 Å². The van der Waals surface area contributed by atoms with E-state index in [1.54, 1.807) is 36.5 Å². The maximum Gasteiger partial charge on any atom is 0.280 e. The van der Waals surface area contributed by atoms with E-state index in [1.165, 1.54) is 16.8 Å². The first kappa shape index (κ1) is 19.2. The molecule has 1 aromatic heterocycles. The van der Waals surface area contributed by atoms with Crippen LogP contribution in [0.4, 0.5) is 10.1 Å². The molecule has 27 heavy (non-hydrogen) atoms. The van der Waals surface area contributed by atoms with Crippen LogP contribution in [0.25, 0.3) is 5.69 Å². The van der Waals surface area contributed by atoms with E-state index in [2.05, 4.69) is 10.4 Å². The van der Waals surface area contributed by atoms with E-state index < -0.39 is 5.91 Å². The maximum absolute atomic E-state index is 13.2. The molecule has 140 valence electrons. The van der Waals surface area contributed by atoms with Crippen LogP contribution < -0.4 is 10.1 Å². The van der Waals surface area contributed by atoms with Gasteiger partial charge >= 0.3 is 0 Å². The molecule has 3 rings (SSSR count). The van der Waals surface area contributed by atoms with Crippen LogP contribution in [0.3, 0.4) is 0 Å². The number of aromatic nitrogens is 2. The molecule has 5 nitrogen and oxygen atoms in total. The number of carbonyl (C=O) groups is 1. The number of rotatable bonds is 6. The van der Waals surface area contributed by atoms with Crippen LogP contribution in [0.2, 0.25) is 10.0 Å². The third-order valence-electron chi connectivity index (χ3n) is 3.63. The van der Waals surface area contributed by atoms with E-state index in [0.717, 1.165) is 6.42 Å². The lowest BCUT2D eigenvalue weighted by atomic mass is 10.3. The molecular formula is C19H16Cl2FN3O2. The molecule has 0 saturated heterocycles. The number of hydrogen-bond donors (Lipinski definition) is 1. The highest BCUT2D eigenvalue weighted by molar-refractivity contribution is 6.35. The van der Waals surface area contributed by atoms with Crippen molar-refractivity contribution in [3.8, 4) is 11.4 Å². The molecule has 0 spiro atoms. The third kappa shape index (κ3) is 4.59. The molecule has 0 aliphatic carbocycles. The summed E-state index contributed by atoms with van der Waals surface area (Å²) in [5.41, 5.74) is 1.05. The van der Waals surface area contributed by atoms with E-state index >= 15 is 0 Å². The summed E-state index contributed by atoms with van der Waals surface area (Å²) in [6.45, 7) is 2.38. The molecule has 8 heteroatoms. The van der Waals surface area contributed by atoms with Crippen molar-refractivity contribution in [1.82, 2.24) is 9.78 Å². The summed E-state index contributed by atoms with van der Waals surface area (Å²) >= 11 is 12.1. The minimum atomic E-state index is -0.494. The van der Waals surface area contributed by atoms with Gasteiger partial charge in [0.15, 0.2) is 11.4 Å². The van der Waals surface area contributed by atoms with E-state index in [0.29, 0.717) is 33.8 Å². The lowest BCUT2D eigenvalue weighted by molar-refractivity contribution is 0.101. The summed E-state index contributed by atoms with van der Waals surface area (Å²) in [7, 11) is 0. The van der Waals surface area contributed by atoms with Gasteiger partial charge in [-0.05, 0) is 48.9 Å². The average molecular weight is 408 g/mol. The first-order chi connectivity index (χ1) is 13.0. The highest BCUT2D eigenvalue weighted by Crippen LogP contribution is 2.27. The third-order valence-corrected chi connectivity index (χ3v) is 4.19. The molecule has 0 aliphatic rings. The lowest BCUT2D eigenvalue weighted by Gasteiger charge is -2.08. The van der Waals surface area contributed by atoms with Crippen molar-refractivity contribution in [2.24, 2.45) is 0 Å². The maximum atomic E-state index is 13.2. The minimum absolute atomic E-state index is 0.0869. The Morgan fingerprint density at radius 1 is 1.22 bits per heavy atom. The zero-order valence-electron chi connectivity index (χ0n) is 14.4. The summed E-state index contributed by atoms with van der Waals surface area (Å²) in [6.07, 6.45) is 2.35. The number of ether oxygens (including phenoxy) is 1. The Labute approximate surface area is 165 Å². The number of benzene rings is 2. The molecule has 2 aromatic carbocycles. The Morgan fingerprint density at radius 3 is 2.67 bits per heavy atom. The lowest BCUT2D eigenvalue weighted by Crippen LogP contribution is -2.15. The topological polar surface area (TPSA) is 56.2 Å². The van der Waals surface area contributed by atoms with Crippen LogP contribution in [0.15, 0.2) is 48.7 Å². The summed E-state index contributed by atoms with van der Waals surface area (Å²) in [5, 5.41) is 7.77. The smallest absolute Gasteiger partial charge is 0.280 e. The first-order valence-corrected chi connectivity index (χ1v) is 8.98. The highest BCUT2D eigenvalue weighted by Gasteiger charge is 2.20. The standard InChI is InChI=1S/C19H16Cl2FN3O2/c1-2-9-27-17-11-25(14-6-4-13(22)5-7-14)24-18(17)19(26)23-16-10-12(20)3-8-15(16)21/h3-8,10-11H,2,9H2,1H3,(H,23,26). The van der Waals surface area contributed by atoms with Crippen molar-refractivity contribution in [1.29, 1.82) is 0 Å². The van der Waals surface area contributed by atoms with Gasteiger partial charge in [0, 0.05) is 5.02 Å². The SMILES string of the molecule is CCCOc1cn(-c2ccc(F)cc2)nc1C(=O)Nc1cc(Cl)ccc1Cl. The molecule has 0 unspecified atom stereocenters. The number of carbonyl (C=O) groups excluding carboxylic acids is 1. The number of amides is 1. The summed E-state index contributed by atoms with van der Waals surface area (Å²) in [5.74, 6) is -0.537. The fourth-order valence-electron chi connectivity index (χ4n) is 2.33. The van der Waals surface area contributed by atoms with Crippen LogP contribution >= 0.6 is 23.2 Å². The zero-order valence-corrected chi connectivity index (χ0v) is 15.9. The number of hydrogen-bond acceptors (Lipinski definition) is 3. The zero-order chi connectivity index (χ0) is 19.4. The van der Waals surface area contributed by atoms with E-state index in [9.17, 15) is 9.18 Å². The molecule has 0 aliphatic heterocycles. The van der Waals surface area contributed by atoms with Gasteiger partial charge in [-0.15, -0.1) is 0 Å². The largest absolute Gasteiger partial charge is 0.489 e. The Morgan fingerprint density at radius 2 is 1.96 bits per heavy atom. The second-order valence-corrected chi connectivity index (χ2v) is 6.53. The second kappa shape index (κ2) is 8.41.